The fraction of sp³-hybridized carbons (Fsp3) is 0.190. The normalized spacial score (nSPS) is 12.1. The molecular weight excluding hydrogens is 386 g/mol. The van der Waals surface area contributed by atoms with Crippen LogP contribution in [0.3, 0.4) is 0 Å². The van der Waals surface area contributed by atoms with Crippen molar-refractivity contribution in [1.29, 1.82) is 0 Å². The van der Waals surface area contributed by atoms with E-state index in [1.54, 1.807) is 30.4 Å². The minimum Gasteiger partial charge on any atom is -0.258 e. The summed E-state index contributed by atoms with van der Waals surface area (Å²) in [5.41, 5.74) is 2.70. The summed E-state index contributed by atoms with van der Waals surface area (Å²) in [4.78, 5) is 10.7. The zero-order chi connectivity index (χ0) is 21.0. The number of rotatable bonds is 5. The van der Waals surface area contributed by atoms with Gasteiger partial charge in [0, 0.05) is 17.8 Å². The Bertz CT molecular complexity index is 1130. The fourth-order valence-electron chi connectivity index (χ4n) is 2.75. The summed E-state index contributed by atoms with van der Waals surface area (Å²) in [5, 5.41) is 22.4. The van der Waals surface area contributed by atoms with E-state index in [9.17, 15) is 10.1 Å². The highest BCUT2D eigenvalue weighted by atomic mass is 32.1. The smallest absolute Gasteiger partial charge is 0.258 e. The number of H-pyrrole nitrogens is 1. The Morgan fingerprint density at radius 1 is 1.17 bits per heavy atom. The Kier molecular flexibility index (Phi) is 5.84. The number of aromatic amines is 1. The number of nitrogens with one attached hydrogen (secondary N) is 1. The lowest BCUT2D eigenvalue weighted by Crippen LogP contribution is -2.10. The minimum absolute atomic E-state index is 0.0386. The van der Waals surface area contributed by atoms with Gasteiger partial charge >= 0.3 is 0 Å². The van der Waals surface area contributed by atoms with Gasteiger partial charge in [-0.1, -0.05) is 57.2 Å². The summed E-state index contributed by atoms with van der Waals surface area (Å²) in [6.45, 7) is 6.48. The van der Waals surface area contributed by atoms with Crippen molar-refractivity contribution in [2.24, 2.45) is 5.10 Å². The van der Waals surface area contributed by atoms with E-state index in [-0.39, 0.29) is 11.1 Å². The molecule has 1 heterocycles. The average molecular weight is 407 g/mol. The Morgan fingerprint density at radius 3 is 2.52 bits per heavy atom. The quantitative estimate of drug-likeness (QED) is 0.267. The van der Waals surface area contributed by atoms with Gasteiger partial charge in [-0.05, 0) is 41.4 Å². The third-order valence-electron chi connectivity index (χ3n) is 4.34. The van der Waals surface area contributed by atoms with E-state index in [1.807, 2.05) is 12.1 Å². The molecule has 1 aromatic heterocycles. The molecule has 0 aliphatic rings. The van der Waals surface area contributed by atoms with Crippen LogP contribution in [0.15, 0.2) is 59.7 Å². The van der Waals surface area contributed by atoms with Gasteiger partial charge in [-0.2, -0.15) is 14.9 Å². The second-order valence-corrected chi connectivity index (χ2v) is 7.82. The van der Waals surface area contributed by atoms with E-state index in [0.29, 0.717) is 16.2 Å². The number of para-hydroxylation sites is 1. The van der Waals surface area contributed by atoms with Crippen molar-refractivity contribution in [2.45, 2.75) is 26.2 Å². The highest BCUT2D eigenvalue weighted by Crippen LogP contribution is 2.25. The number of nitro groups is 1. The molecule has 29 heavy (non-hydrogen) atoms. The van der Waals surface area contributed by atoms with Gasteiger partial charge in [0.15, 0.2) is 5.82 Å². The molecule has 3 rings (SSSR count). The van der Waals surface area contributed by atoms with Crippen molar-refractivity contribution in [2.75, 3.05) is 0 Å². The maximum Gasteiger partial charge on any atom is 0.276 e. The SMILES string of the molecule is CC(C)(C)c1ccc(-c2n[nH]c(=S)n2/N=C\C=C\c2ccccc2[N+](=O)[O-])cc1. The molecule has 0 saturated heterocycles. The van der Waals surface area contributed by atoms with Crippen LogP contribution in [0.1, 0.15) is 31.9 Å². The molecule has 7 nitrogen and oxygen atoms in total. The predicted octanol–water partition coefficient (Wildman–Crippen LogP) is 5.36. The molecule has 0 bridgehead atoms. The third kappa shape index (κ3) is 4.72. The number of benzene rings is 2. The highest BCUT2D eigenvalue weighted by molar-refractivity contribution is 7.71. The molecule has 8 heteroatoms. The van der Waals surface area contributed by atoms with Crippen molar-refractivity contribution in [1.82, 2.24) is 14.9 Å². The van der Waals surface area contributed by atoms with E-state index < -0.39 is 4.92 Å². The zero-order valence-electron chi connectivity index (χ0n) is 16.4. The Balaban J connectivity index is 1.86. The van der Waals surface area contributed by atoms with E-state index in [0.717, 1.165) is 5.56 Å². The lowest BCUT2D eigenvalue weighted by atomic mass is 9.87. The molecule has 0 unspecified atom stereocenters. The average Bonchev–Trinajstić information content (AvgIpc) is 3.05. The van der Waals surface area contributed by atoms with Gasteiger partial charge in [-0.3, -0.25) is 10.1 Å². The molecule has 2 aromatic carbocycles. The molecule has 0 radical (unpaired) electrons. The fourth-order valence-corrected chi connectivity index (χ4v) is 2.93. The van der Waals surface area contributed by atoms with Crippen molar-refractivity contribution >= 4 is 30.2 Å². The van der Waals surface area contributed by atoms with Gasteiger partial charge in [-0.25, -0.2) is 5.10 Å². The van der Waals surface area contributed by atoms with Gasteiger partial charge in [-0.15, -0.1) is 0 Å². The molecule has 0 fully saturated rings. The van der Waals surface area contributed by atoms with Crippen molar-refractivity contribution in [3.63, 3.8) is 0 Å². The summed E-state index contributed by atoms with van der Waals surface area (Å²) in [7, 11) is 0. The van der Waals surface area contributed by atoms with Crippen LogP contribution >= 0.6 is 12.2 Å². The Morgan fingerprint density at radius 2 is 1.86 bits per heavy atom. The number of nitro benzene ring substituents is 1. The summed E-state index contributed by atoms with van der Waals surface area (Å²) >= 11 is 5.27. The van der Waals surface area contributed by atoms with E-state index in [4.69, 9.17) is 12.2 Å². The Labute approximate surface area is 173 Å². The maximum absolute atomic E-state index is 11.1. The lowest BCUT2D eigenvalue weighted by Gasteiger charge is -2.18. The number of nitrogens with zero attached hydrogens (tertiary/aromatic N) is 4. The molecular formula is C21H21N5O2S. The largest absolute Gasteiger partial charge is 0.276 e. The summed E-state index contributed by atoms with van der Waals surface area (Å²) < 4.78 is 1.88. The van der Waals surface area contributed by atoms with Gasteiger partial charge in [0.25, 0.3) is 5.69 Å². The summed E-state index contributed by atoms with van der Waals surface area (Å²) in [6, 6.07) is 14.6. The lowest BCUT2D eigenvalue weighted by molar-refractivity contribution is -0.385. The van der Waals surface area contributed by atoms with Crippen molar-refractivity contribution in [3.05, 3.63) is 80.6 Å². The summed E-state index contributed by atoms with van der Waals surface area (Å²) in [5.74, 6) is 0.589. The zero-order valence-corrected chi connectivity index (χ0v) is 17.2. The first-order valence-electron chi connectivity index (χ1n) is 9.00. The maximum atomic E-state index is 11.1. The van der Waals surface area contributed by atoms with E-state index >= 15 is 0 Å². The first-order chi connectivity index (χ1) is 13.8. The molecule has 0 saturated carbocycles. The molecule has 3 aromatic rings. The Hall–Kier alpha value is -3.39. The number of aromatic nitrogens is 3. The van der Waals surface area contributed by atoms with Crippen LogP contribution in [0.5, 0.6) is 0 Å². The molecule has 0 amide bonds. The standard InChI is InChI=1S/C21H21N5O2S/c1-21(2,3)17-12-10-16(11-13-17)19-23-24-20(29)25(19)22-14-6-8-15-7-4-5-9-18(15)26(27)28/h4-14H,1-3H3,(H,24,29)/b8-6+,22-14-. The van der Waals surface area contributed by atoms with Crippen LogP contribution in [-0.4, -0.2) is 26.0 Å². The van der Waals surface area contributed by atoms with Crippen LogP contribution in [0.25, 0.3) is 17.5 Å². The third-order valence-corrected chi connectivity index (χ3v) is 4.60. The van der Waals surface area contributed by atoms with E-state index in [1.165, 1.54) is 22.5 Å². The molecule has 1 N–H and O–H groups in total. The van der Waals surface area contributed by atoms with Crippen molar-refractivity contribution in [3.8, 4) is 11.4 Å². The predicted molar refractivity (Wildman–Crippen MR) is 118 cm³/mol. The van der Waals surface area contributed by atoms with Crippen LogP contribution < -0.4 is 0 Å². The van der Waals surface area contributed by atoms with Gasteiger partial charge in [0.2, 0.25) is 4.77 Å². The number of hydrogen-bond acceptors (Lipinski definition) is 5. The first kappa shape index (κ1) is 20.3. The molecule has 0 aliphatic heterocycles. The van der Waals surface area contributed by atoms with Crippen LogP contribution in [0.4, 0.5) is 5.69 Å². The van der Waals surface area contributed by atoms with E-state index in [2.05, 4.69) is 48.2 Å². The second kappa shape index (κ2) is 8.32. The second-order valence-electron chi connectivity index (χ2n) is 7.43. The van der Waals surface area contributed by atoms with Gasteiger partial charge < -0.3 is 0 Å². The molecule has 148 valence electrons. The minimum atomic E-state index is -0.414. The topological polar surface area (TPSA) is 89.1 Å². The van der Waals surface area contributed by atoms with Crippen LogP contribution in [-0.2, 0) is 5.41 Å². The molecule has 0 atom stereocenters. The van der Waals surface area contributed by atoms with Gasteiger partial charge in [0.1, 0.15) is 0 Å². The van der Waals surface area contributed by atoms with Gasteiger partial charge in [0.05, 0.1) is 10.5 Å². The number of hydrogen-bond donors (Lipinski definition) is 1. The van der Waals surface area contributed by atoms with Crippen molar-refractivity contribution < 1.29 is 4.92 Å². The molecule has 0 spiro atoms. The van der Waals surface area contributed by atoms with Crippen LogP contribution in [0.2, 0.25) is 0 Å². The first-order valence-corrected chi connectivity index (χ1v) is 9.41. The summed E-state index contributed by atoms with van der Waals surface area (Å²) in [6.07, 6.45) is 4.78. The number of allylic oxidation sites excluding steroid dienone is 1. The highest BCUT2D eigenvalue weighted by Gasteiger charge is 2.14. The monoisotopic (exact) mass is 407 g/mol. The van der Waals surface area contributed by atoms with Crippen LogP contribution in [0, 0.1) is 14.9 Å². The molecule has 0 aliphatic carbocycles.